The lowest BCUT2D eigenvalue weighted by molar-refractivity contribution is -0.161. The Morgan fingerprint density at radius 3 is 0.717 bits per heavy atom. The maximum atomic E-state index is 13.1. The molecule has 0 aliphatic carbocycles. The van der Waals surface area contributed by atoms with Crippen molar-refractivity contribution in [3.8, 4) is 0 Å². The van der Waals surface area contributed by atoms with Crippen molar-refractivity contribution in [2.75, 3.05) is 39.6 Å². The predicted octanol–water partition coefficient (Wildman–Crippen LogP) is 24.0. The number of phosphoric acid groups is 2. The number of phosphoric ester groups is 2. The third kappa shape index (κ3) is 72.8. The second kappa shape index (κ2) is 73.0. The van der Waals surface area contributed by atoms with Crippen molar-refractivity contribution in [3.05, 3.63) is 0 Å². The van der Waals surface area contributed by atoms with Gasteiger partial charge in [-0.3, -0.25) is 37.3 Å². The molecule has 0 rings (SSSR count). The molecule has 0 saturated carbocycles. The summed E-state index contributed by atoms with van der Waals surface area (Å²) < 4.78 is 68.7. The lowest BCUT2D eigenvalue weighted by Gasteiger charge is -2.21. The normalized spacial score (nSPS) is 14.1. The molecule has 0 aromatic heterocycles. The van der Waals surface area contributed by atoms with Gasteiger partial charge in [0.1, 0.15) is 19.3 Å². The molecule has 3 unspecified atom stereocenters. The minimum absolute atomic E-state index is 0.107. The van der Waals surface area contributed by atoms with Crippen LogP contribution in [0, 0.1) is 5.92 Å². The van der Waals surface area contributed by atoms with E-state index in [-0.39, 0.29) is 25.7 Å². The summed E-state index contributed by atoms with van der Waals surface area (Å²) in [5, 5.41) is 10.6. The summed E-state index contributed by atoms with van der Waals surface area (Å²) in [4.78, 5) is 72.9. The van der Waals surface area contributed by atoms with Gasteiger partial charge < -0.3 is 33.8 Å². The number of aliphatic hydroxyl groups is 1. The van der Waals surface area contributed by atoms with Gasteiger partial charge in [-0.2, -0.15) is 0 Å². The number of hydrogen-bond donors (Lipinski definition) is 3. The summed E-state index contributed by atoms with van der Waals surface area (Å²) >= 11 is 0. The first-order valence-electron chi connectivity index (χ1n) is 41.7. The Morgan fingerprint density at radius 2 is 0.485 bits per heavy atom. The number of unbranched alkanes of at least 4 members (excludes halogenated alkanes) is 51. The van der Waals surface area contributed by atoms with Gasteiger partial charge in [-0.15, -0.1) is 0 Å². The van der Waals surface area contributed by atoms with E-state index in [2.05, 4.69) is 34.6 Å². The molecule has 17 nitrogen and oxygen atoms in total. The predicted molar refractivity (Wildman–Crippen MR) is 405 cm³/mol. The van der Waals surface area contributed by atoms with Gasteiger partial charge in [-0.05, 0) is 31.6 Å². The number of aliphatic hydroxyl groups excluding tert-OH is 1. The molecule has 588 valence electrons. The van der Waals surface area contributed by atoms with Crippen LogP contribution in [0.1, 0.15) is 426 Å². The minimum atomic E-state index is -4.96. The van der Waals surface area contributed by atoms with E-state index in [1.54, 1.807) is 0 Å². The largest absolute Gasteiger partial charge is 0.472 e. The average molecular weight is 1450 g/mol. The van der Waals surface area contributed by atoms with E-state index in [4.69, 9.17) is 37.0 Å². The Balaban J connectivity index is 5.22. The van der Waals surface area contributed by atoms with Crippen LogP contribution in [0.4, 0.5) is 0 Å². The van der Waals surface area contributed by atoms with Crippen molar-refractivity contribution in [1.82, 2.24) is 0 Å². The molecule has 99 heavy (non-hydrogen) atoms. The first-order valence-corrected chi connectivity index (χ1v) is 44.7. The monoisotopic (exact) mass is 1450 g/mol. The lowest BCUT2D eigenvalue weighted by atomic mass is 10.00. The second-order valence-corrected chi connectivity index (χ2v) is 32.0. The summed E-state index contributed by atoms with van der Waals surface area (Å²) in [5.74, 6) is -1.38. The van der Waals surface area contributed by atoms with Crippen molar-refractivity contribution < 1.29 is 80.2 Å². The zero-order chi connectivity index (χ0) is 72.7. The molecule has 0 bridgehead atoms. The first-order chi connectivity index (χ1) is 48.1. The summed E-state index contributed by atoms with van der Waals surface area (Å²) in [6.07, 6.45) is 63.9. The zero-order valence-corrected chi connectivity index (χ0v) is 66.4. The van der Waals surface area contributed by atoms with Crippen LogP contribution in [0.2, 0.25) is 0 Å². The molecule has 0 spiro atoms. The topological polar surface area (TPSA) is 237 Å². The fraction of sp³-hybridized carbons (Fsp3) is 0.950. The Labute approximate surface area is 607 Å². The number of rotatable bonds is 80. The summed E-state index contributed by atoms with van der Waals surface area (Å²) in [6.45, 7) is 7.28. The summed E-state index contributed by atoms with van der Waals surface area (Å²) in [7, 11) is -9.92. The van der Waals surface area contributed by atoms with E-state index in [9.17, 15) is 43.2 Å². The van der Waals surface area contributed by atoms with E-state index >= 15 is 0 Å². The van der Waals surface area contributed by atoms with Crippen molar-refractivity contribution in [1.29, 1.82) is 0 Å². The molecule has 0 aromatic carbocycles. The van der Waals surface area contributed by atoms with Crippen LogP contribution in [-0.2, 0) is 65.4 Å². The van der Waals surface area contributed by atoms with E-state index in [1.165, 1.54) is 244 Å². The van der Waals surface area contributed by atoms with E-state index in [0.29, 0.717) is 25.7 Å². The molecule has 0 aliphatic heterocycles. The number of ether oxygens (including phenoxy) is 4. The second-order valence-electron chi connectivity index (χ2n) is 29.1. The first kappa shape index (κ1) is 97.1. The van der Waals surface area contributed by atoms with Gasteiger partial charge in [-0.25, -0.2) is 9.13 Å². The molecular weight excluding hydrogens is 1290 g/mol. The highest BCUT2D eigenvalue weighted by atomic mass is 31.2. The van der Waals surface area contributed by atoms with Crippen LogP contribution in [0.3, 0.4) is 0 Å². The van der Waals surface area contributed by atoms with Gasteiger partial charge in [-0.1, -0.05) is 375 Å². The highest BCUT2D eigenvalue weighted by Gasteiger charge is 2.30. The molecule has 0 heterocycles. The standard InChI is InChI=1S/C80H156O17P2/c1-6-10-13-16-19-22-25-28-30-32-33-34-36-38-40-43-46-49-56-61-66-80(85)96-75(69-90-77(82)63-58-53-47-44-42-39-37-35-31-29-26-23-20-17-14-11-7-2)71-94-98(86,87)92-67-74(81)68-93-99(88,89)95-72-76(70-91-78(83)64-59-54-51-50-52-57-62-73(5)9-4)97-79(84)65-60-55-48-45-41-27-24-21-18-15-12-8-3/h73-76,81H,6-72H2,1-5H3,(H,86,87)(H,88,89)/t73?,74-,75-,76-/m1/s1. The molecule has 0 saturated heterocycles. The van der Waals surface area contributed by atoms with Gasteiger partial charge in [0.15, 0.2) is 12.2 Å². The molecule has 0 aliphatic rings. The van der Waals surface area contributed by atoms with Crippen LogP contribution in [-0.4, -0.2) is 96.7 Å². The van der Waals surface area contributed by atoms with Crippen molar-refractivity contribution in [2.24, 2.45) is 5.92 Å². The Bertz CT molecular complexity index is 1890. The number of carbonyl (C=O) groups excluding carboxylic acids is 4. The van der Waals surface area contributed by atoms with Gasteiger partial charge in [0.25, 0.3) is 0 Å². The molecule has 0 amide bonds. The quantitative estimate of drug-likeness (QED) is 0.0222. The molecule has 0 aromatic rings. The van der Waals surface area contributed by atoms with Gasteiger partial charge >= 0.3 is 39.5 Å². The Hall–Kier alpha value is -1.94. The Morgan fingerprint density at radius 1 is 0.283 bits per heavy atom. The minimum Gasteiger partial charge on any atom is -0.462 e. The van der Waals surface area contributed by atoms with E-state index < -0.39 is 97.5 Å². The highest BCUT2D eigenvalue weighted by molar-refractivity contribution is 7.47. The fourth-order valence-corrected chi connectivity index (χ4v) is 14.0. The highest BCUT2D eigenvalue weighted by Crippen LogP contribution is 2.45. The Kier molecular flexibility index (Phi) is 71.6. The van der Waals surface area contributed by atoms with Gasteiger partial charge in [0.2, 0.25) is 0 Å². The van der Waals surface area contributed by atoms with Crippen molar-refractivity contribution in [2.45, 2.75) is 445 Å². The maximum Gasteiger partial charge on any atom is 0.472 e. The van der Waals surface area contributed by atoms with Crippen LogP contribution in [0.5, 0.6) is 0 Å². The molecule has 0 radical (unpaired) electrons. The third-order valence-electron chi connectivity index (χ3n) is 19.1. The number of hydrogen-bond acceptors (Lipinski definition) is 15. The average Bonchev–Trinajstić information content (AvgIpc) is 1.32. The van der Waals surface area contributed by atoms with Crippen LogP contribution >= 0.6 is 15.6 Å². The smallest absolute Gasteiger partial charge is 0.462 e. The maximum absolute atomic E-state index is 13.1. The molecule has 3 N–H and O–H groups in total. The fourth-order valence-electron chi connectivity index (χ4n) is 12.4. The molecule has 0 fully saturated rings. The molecule has 19 heteroatoms. The molecular formula is C80H156O17P2. The lowest BCUT2D eigenvalue weighted by Crippen LogP contribution is -2.30. The van der Waals surface area contributed by atoms with Crippen molar-refractivity contribution in [3.63, 3.8) is 0 Å². The number of esters is 4. The van der Waals surface area contributed by atoms with Crippen LogP contribution in [0.25, 0.3) is 0 Å². The van der Waals surface area contributed by atoms with Crippen molar-refractivity contribution >= 4 is 39.5 Å². The van der Waals surface area contributed by atoms with Gasteiger partial charge in [0.05, 0.1) is 26.4 Å². The molecule has 6 atom stereocenters. The van der Waals surface area contributed by atoms with Gasteiger partial charge in [0, 0.05) is 25.7 Å². The van der Waals surface area contributed by atoms with Crippen LogP contribution in [0.15, 0.2) is 0 Å². The number of carbonyl (C=O) groups is 4. The SMILES string of the molecule is CCCCCCCCCCCCCCCCCCCCCCC(=O)O[C@H](COC(=O)CCCCCCCCCCCCCCCCCCC)COP(=O)(O)OC[C@@H](O)COP(=O)(O)OC[C@@H](COC(=O)CCCCCCCCC(C)CC)OC(=O)CCCCCCCCCCCCCC. The van der Waals surface area contributed by atoms with E-state index in [1.807, 2.05) is 0 Å². The van der Waals surface area contributed by atoms with E-state index in [0.717, 1.165) is 102 Å². The summed E-state index contributed by atoms with van der Waals surface area (Å²) in [6, 6.07) is 0. The van der Waals surface area contributed by atoms with Crippen LogP contribution < -0.4 is 0 Å². The third-order valence-corrected chi connectivity index (χ3v) is 21.0. The summed E-state index contributed by atoms with van der Waals surface area (Å²) in [5.41, 5.74) is 0. The zero-order valence-electron chi connectivity index (χ0n) is 64.6.